The molecule has 0 aromatic heterocycles. The van der Waals surface area contributed by atoms with Crippen LogP contribution in [0.15, 0.2) is 48.5 Å². The van der Waals surface area contributed by atoms with Crippen molar-refractivity contribution in [3.05, 3.63) is 59.7 Å². The Bertz CT molecular complexity index is 1250. The molecule has 0 bridgehead atoms. The van der Waals surface area contributed by atoms with E-state index in [1.165, 1.54) is 24.3 Å². The first-order valence-electron chi connectivity index (χ1n) is 11.1. The Morgan fingerprint density at radius 3 is 2.54 bits per heavy atom. The third-order valence-electron chi connectivity index (χ3n) is 6.72. The van der Waals surface area contributed by atoms with E-state index in [9.17, 15) is 32.3 Å². The number of fused-ring (bicyclic) bond motifs is 3. The molecular formula is C24H21F3N4O4. The molecule has 2 atom stereocenters. The molecular weight excluding hydrogens is 465 g/mol. The highest BCUT2D eigenvalue weighted by atomic mass is 19.4. The molecule has 182 valence electrons. The highest BCUT2D eigenvalue weighted by Crippen LogP contribution is 2.41. The molecule has 2 aliphatic heterocycles. The fraction of sp³-hybridized carbons (Fsp3) is 0.333. The Hall–Kier alpha value is -3.89. The molecule has 35 heavy (non-hydrogen) atoms. The lowest BCUT2D eigenvalue weighted by Gasteiger charge is -2.34. The Morgan fingerprint density at radius 2 is 1.77 bits per heavy atom. The number of hydrogen-bond acceptors (Lipinski definition) is 4. The average Bonchev–Trinajstić information content (AvgIpc) is 2.94. The van der Waals surface area contributed by atoms with Crippen LogP contribution in [0.4, 0.5) is 29.3 Å². The highest BCUT2D eigenvalue weighted by Gasteiger charge is 2.55. The summed E-state index contributed by atoms with van der Waals surface area (Å²) in [6.07, 6.45) is -4.28. The third-order valence-corrected chi connectivity index (χ3v) is 6.72. The Kier molecular flexibility index (Phi) is 5.30. The van der Waals surface area contributed by atoms with Crippen LogP contribution in [0.5, 0.6) is 0 Å². The number of anilines is 2. The van der Waals surface area contributed by atoms with E-state index in [4.69, 9.17) is 0 Å². The van der Waals surface area contributed by atoms with Crippen molar-refractivity contribution in [2.45, 2.75) is 43.4 Å². The largest absolute Gasteiger partial charge is 0.409 e. The van der Waals surface area contributed by atoms with Crippen LogP contribution >= 0.6 is 0 Å². The molecule has 1 aliphatic carbocycles. The van der Waals surface area contributed by atoms with Gasteiger partial charge in [-0.2, -0.15) is 13.2 Å². The zero-order valence-electron chi connectivity index (χ0n) is 18.4. The summed E-state index contributed by atoms with van der Waals surface area (Å²) < 4.78 is 42.0. The van der Waals surface area contributed by atoms with E-state index in [1.807, 2.05) is 12.1 Å². The molecule has 0 saturated carbocycles. The first kappa shape index (κ1) is 22.9. The maximum Gasteiger partial charge on any atom is 0.409 e. The van der Waals surface area contributed by atoms with Gasteiger partial charge in [-0.05, 0) is 42.5 Å². The number of amides is 5. The van der Waals surface area contributed by atoms with Gasteiger partial charge in [0.05, 0.1) is 17.8 Å². The first-order chi connectivity index (χ1) is 16.6. The number of alkyl halides is 3. The number of rotatable bonds is 2. The zero-order chi connectivity index (χ0) is 25.0. The molecule has 1 spiro atoms. The van der Waals surface area contributed by atoms with Crippen molar-refractivity contribution >= 4 is 35.1 Å². The lowest BCUT2D eigenvalue weighted by atomic mass is 9.76. The van der Waals surface area contributed by atoms with Crippen LogP contribution in [0.1, 0.15) is 30.4 Å². The Balaban J connectivity index is 1.50. The summed E-state index contributed by atoms with van der Waals surface area (Å²) in [6.45, 7) is -0.899. The van der Waals surface area contributed by atoms with E-state index in [1.54, 1.807) is 12.1 Å². The van der Waals surface area contributed by atoms with Gasteiger partial charge < -0.3 is 10.6 Å². The van der Waals surface area contributed by atoms with Crippen molar-refractivity contribution < 1.29 is 32.3 Å². The molecule has 1 fully saturated rings. The number of para-hydroxylation sites is 2. The number of aryl methyl sites for hydroxylation is 1. The number of hydrogen-bond donors (Lipinski definition) is 2. The van der Waals surface area contributed by atoms with Crippen LogP contribution in [0, 0.1) is 0 Å². The number of urea groups is 1. The van der Waals surface area contributed by atoms with Crippen molar-refractivity contribution in [3.63, 3.8) is 0 Å². The summed E-state index contributed by atoms with van der Waals surface area (Å²) in [7, 11) is 0. The Morgan fingerprint density at radius 1 is 1.06 bits per heavy atom. The fourth-order valence-corrected chi connectivity index (χ4v) is 5.16. The van der Waals surface area contributed by atoms with Gasteiger partial charge in [0.25, 0.3) is 5.91 Å². The molecule has 5 rings (SSSR count). The molecule has 2 N–H and O–H groups in total. The molecule has 11 heteroatoms. The first-order valence-corrected chi connectivity index (χ1v) is 11.1. The summed E-state index contributed by atoms with van der Waals surface area (Å²) in [6, 6.07) is 9.47. The van der Waals surface area contributed by atoms with Crippen molar-refractivity contribution in [3.8, 4) is 0 Å². The van der Waals surface area contributed by atoms with Crippen molar-refractivity contribution in [2.75, 3.05) is 16.8 Å². The smallest absolute Gasteiger partial charge is 0.324 e. The number of carbonyl (C=O) groups is 4. The third kappa shape index (κ3) is 3.71. The van der Waals surface area contributed by atoms with Gasteiger partial charge in [0.2, 0.25) is 11.8 Å². The van der Waals surface area contributed by atoms with Gasteiger partial charge in [0.15, 0.2) is 0 Å². The standard InChI is InChI=1S/C24H21F3N4O4/c25-24(26,27)18-12-19(32)28-16-9-3-4-10-17(16)31(18)20(33)13-30-21(34)23(29-22(30)35)11-5-7-14-6-1-2-8-15(14)23/h1-4,6,8-10,18H,5,7,11-13H2,(H,28,32)(H,29,35). The van der Waals surface area contributed by atoms with E-state index in [0.29, 0.717) is 28.2 Å². The lowest BCUT2D eigenvalue weighted by molar-refractivity contribution is -0.158. The average molecular weight is 486 g/mol. The van der Waals surface area contributed by atoms with Crippen molar-refractivity contribution in [1.82, 2.24) is 10.2 Å². The van der Waals surface area contributed by atoms with Gasteiger partial charge in [-0.3, -0.25) is 24.2 Å². The van der Waals surface area contributed by atoms with Crippen molar-refractivity contribution in [1.29, 1.82) is 0 Å². The van der Waals surface area contributed by atoms with E-state index in [0.717, 1.165) is 12.0 Å². The molecule has 2 unspecified atom stereocenters. The predicted octanol–water partition coefficient (Wildman–Crippen LogP) is 3.08. The van der Waals surface area contributed by atoms with E-state index in [2.05, 4.69) is 10.6 Å². The highest BCUT2D eigenvalue weighted by molar-refractivity contribution is 6.12. The lowest BCUT2D eigenvalue weighted by Crippen LogP contribution is -2.53. The van der Waals surface area contributed by atoms with Crippen molar-refractivity contribution in [2.24, 2.45) is 0 Å². The molecule has 1 saturated heterocycles. The van der Waals surface area contributed by atoms with Gasteiger partial charge in [-0.25, -0.2) is 4.79 Å². The van der Waals surface area contributed by atoms with Crippen LogP contribution in [-0.4, -0.2) is 47.4 Å². The minimum Gasteiger partial charge on any atom is -0.324 e. The second kappa shape index (κ2) is 8.10. The summed E-state index contributed by atoms with van der Waals surface area (Å²) in [5.74, 6) is -2.70. The minimum absolute atomic E-state index is 0.0347. The number of carbonyl (C=O) groups excluding carboxylic acids is 4. The number of halogens is 3. The molecule has 2 aromatic rings. The maximum atomic E-state index is 14.0. The van der Waals surface area contributed by atoms with E-state index < -0.39 is 54.5 Å². The monoisotopic (exact) mass is 486 g/mol. The van der Waals surface area contributed by atoms with Crippen LogP contribution < -0.4 is 15.5 Å². The predicted molar refractivity (Wildman–Crippen MR) is 118 cm³/mol. The normalized spacial score (nSPS) is 24.0. The number of nitrogens with zero attached hydrogens (tertiary/aromatic N) is 2. The van der Waals surface area contributed by atoms with Crippen LogP contribution in [0.2, 0.25) is 0 Å². The fourth-order valence-electron chi connectivity index (χ4n) is 5.16. The summed E-state index contributed by atoms with van der Waals surface area (Å²) in [5.41, 5.74) is 0.0402. The summed E-state index contributed by atoms with van der Waals surface area (Å²) >= 11 is 0. The summed E-state index contributed by atoms with van der Waals surface area (Å²) in [4.78, 5) is 53.0. The number of nitrogens with one attached hydrogen (secondary N) is 2. The summed E-state index contributed by atoms with van der Waals surface area (Å²) in [5, 5.41) is 5.08. The van der Waals surface area contributed by atoms with Gasteiger partial charge >= 0.3 is 12.2 Å². The minimum atomic E-state index is -4.93. The molecule has 2 aromatic carbocycles. The second-order valence-electron chi connectivity index (χ2n) is 8.83. The quantitative estimate of drug-likeness (QED) is 0.638. The Labute approximate surface area is 198 Å². The van der Waals surface area contributed by atoms with Crippen LogP contribution in [0.25, 0.3) is 0 Å². The van der Waals surface area contributed by atoms with Gasteiger partial charge in [0, 0.05) is 0 Å². The number of benzene rings is 2. The molecule has 2 heterocycles. The maximum absolute atomic E-state index is 14.0. The van der Waals surface area contributed by atoms with E-state index >= 15 is 0 Å². The second-order valence-corrected chi connectivity index (χ2v) is 8.83. The zero-order valence-corrected chi connectivity index (χ0v) is 18.4. The molecule has 5 amide bonds. The molecule has 8 nitrogen and oxygen atoms in total. The van der Waals surface area contributed by atoms with Crippen LogP contribution in [-0.2, 0) is 26.3 Å². The molecule has 0 radical (unpaired) electrons. The van der Waals surface area contributed by atoms with Gasteiger partial charge in [-0.15, -0.1) is 0 Å². The number of imide groups is 1. The van der Waals surface area contributed by atoms with Crippen LogP contribution in [0.3, 0.4) is 0 Å². The van der Waals surface area contributed by atoms with Gasteiger partial charge in [0.1, 0.15) is 18.1 Å². The SMILES string of the molecule is O=C1CC(C(F)(F)F)N(C(=O)CN2C(=O)NC3(CCCc4ccccc43)C2=O)c2ccccc2N1. The topological polar surface area (TPSA) is 98.8 Å². The van der Waals surface area contributed by atoms with Gasteiger partial charge in [-0.1, -0.05) is 36.4 Å². The molecule has 3 aliphatic rings. The van der Waals surface area contributed by atoms with E-state index in [-0.39, 0.29) is 11.4 Å².